The van der Waals surface area contributed by atoms with Crippen LogP contribution in [0.25, 0.3) is 0 Å². The van der Waals surface area contributed by atoms with Gasteiger partial charge in [-0.1, -0.05) is 72.4 Å². The third-order valence-corrected chi connectivity index (χ3v) is 8.94. The van der Waals surface area contributed by atoms with Crippen LogP contribution < -0.4 is 4.74 Å². The standard InChI is InChI=1S/C32H50O3/c1-11-12-13-14-15-31(6,7)23-16-21(2)28(27(18-23)34-10)24-17-22(20-35-29(33)30(3,4)5)25-19-26(24)32(25,8)9/h16-18,24-26H,11-15,19-20H2,1-10H3/t24-,25+,26-/m0/s1. The van der Waals surface area contributed by atoms with Crippen molar-refractivity contribution in [1.82, 2.24) is 0 Å². The number of hydrogen-bond donors (Lipinski definition) is 0. The molecule has 0 saturated heterocycles. The van der Waals surface area contributed by atoms with Crippen molar-refractivity contribution in [3.8, 4) is 5.75 Å². The lowest BCUT2D eigenvalue weighted by Gasteiger charge is -2.59. The van der Waals surface area contributed by atoms with Crippen molar-refractivity contribution in [2.45, 2.75) is 112 Å². The van der Waals surface area contributed by atoms with Gasteiger partial charge in [-0.3, -0.25) is 4.79 Å². The first-order valence-electron chi connectivity index (χ1n) is 13.8. The smallest absolute Gasteiger partial charge is 0.311 e. The molecule has 0 aromatic heterocycles. The zero-order valence-corrected chi connectivity index (χ0v) is 24.1. The van der Waals surface area contributed by atoms with Crippen LogP contribution in [0.5, 0.6) is 5.75 Å². The fourth-order valence-electron chi connectivity index (χ4n) is 6.35. The van der Waals surface area contributed by atoms with Crippen molar-refractivity contribution in [3.63, 3.8) is 0 Å². The SMILES string of the molecule is CCCCCCC(C)(C)c1cc(C)c([C@H]2C=C(COC(=O)C(C)(C)C)[C@H]3C[C@@H]2C3(C)C)c(OC)c1. The molecule has 3 aliphatic carbocycles. The maximum absolute atomic E-state index is 12.5. The van der Waals surface area contributed by atoms with E-state index in [4.69, 9.17) is 9.47 Å². The number of fused-ring (bicyclic) bond motifs is 1. The molecule has 1 fully saturated rings. The van der Waals surface area contributed by atoms with E-state index in [1.165, 1.54) is 54.4 Å². The van der Waals surface area contributed by atoms with Crippen molar-refractivity contribution < 1.29 is 14.3 Å². The van der Waals surface area contributed by atoms with Gasteiger partial charge in [-0.15, -0.1) is 0 Å². The summed E-state index contributed by atoms with van der Waals surface area (Å²) in [5.74, 6) is 2.23. The lowest BCUT2D eigenvalue weighted by Crippen LogP contribution is -2.52. The highest BCUT2D eigenvalue weighted by molar-refractivity contribution is 5.75. The largest absolute Gasteiger partial charge is 0.496 e. The Morgan fingerprint density at radius 3 is 2.34 bits per heavy atom. The Kier molecular flexibility index (Phi) is 8.19. The van der Waals surface area contributed by atoms with Gasteiger partial charge in [0, 0.05) is 11.5 Å². The number of ether oxygens (including phenoxy) is 2. The number of unbranched alkanes of at least 4 members (excludes halogenated alkanes) is 3. The number of methoxy groups -OCH3 is 1. The molecular weight excluding hydrogens is 432 g/mol. The minimum Gasteiger partial charge on any atom is -0.496 e. The summed E-state index contributed by atoms with van der Waals surface area (Å²) in [7, 11) is 1.81. The molecule has 0 amide bonds. The van der Waals surface area contributed by atoms with Crippen molar-refractivity contribution in [2.24, 2.45) is 22.7 Å². The van der Waals surface area contributed by atoms with E-state index in [1.807, 2.05) is 27.9 Å². The normalized spacial score (nSPS) is 23.4. The lowest BCUT2D eigenvalue weighted by atomic mass is 9.45. The van der Waals surface area contributed by atoms with Crippen LogP contribution in [0.15, 0.2) is 23.8 Å². The van der Waals surface area contributed by atoms with Crippen LogP contribution in [-0.4, -0.2) is 19.7 Å². The van der Waals surface area contributed by atoms with E-state index < -0.39 is 5.41 Å². The number of carbonyl (C=O) groups is 1. The lowest BCUT2D eigenvalue weighted by molar-refractivity contribution is -0.152. The number of aryl methyl sites for hydroxylation is 1. The van der Waals surface area contributed by atoms with Gasteiger partial charge in [0.2, 0.25) is 0 Å². The second kappa shape index (κ2) is 10.3. The highest BCUT2D eigenvalue weighted by Crippen LogP contribution is 2.64. The Morgan fingerprint density at radius 2 is 1.77 bits per heavy atom. The number of esters is 1. The van der Waals surface area contributed by atoms with E-state index in [2.05, 4.69) is 59.8 Å². The second-order valence-corrected chi connectivity index (χ2v) is 13.4. The van der Waals surface area contributed by atoms with Crippen LogP contribution in [0.3, 0.4) is 0 Å². The maximum atomic E-state index is 12.5. The first-order valence-corrected chi connectivity index (χ1v) is 13.8. The summed E-state index contributed by atoms with van der Waals surface area (Å²) in [6.07, 6.45) is 9.91. The molecule has 3 nitrogen and oxygen atoms in total. The molecule has 1 aromatic rings. The number of hydrogen-bond acceptors (Lipinski definition) is 3. The first kappa shape index (κ1) is 27.8. The average Bonchev–Trinajstić information content (AvgIpc) is 2.78. The Bertz CT molecular complexity index is 944. The van der Waals surface area contributed by atoms with E-state index in [1.54, 1.807) is 0 Å². The topological polar surface area (TPSA) is 35.5 Å². The molecule has 0 unspecified atom stereocenters. The molecule has 1 saturated carbocycles. The molecule has 1 aromatic carbocycles. The molecule has 3 heteroatoms. The van der Waals surface area contributed by atoms with E-state index in [9.17, 15) is 4.79 Å². The van der Waals surface area contributed by atoms with Gasteiger partial charge in [-0.25, -0.2) is 0 Å². The summed E-state index contributed by atoms with van der Waals surface area (Å²) in [5, 5.41) is 0. The van der Waals surface area contributed by atoms with Gasteiger partial charge in [-0.05, 0) is 86.0 Å². The van der Waals surface area contributed by atoms with Gasteiger partial charge >= 0.3 is 5.97 Å². The van der Waals surface area contributed by atoms with Crippen LogP contribution in [0.1, 0.15) is 117 Å². The van der Waals surface area contributed by atoms with Crippen LogP contribution in [0.4, 0.5) is 0 Å². The van der Waals surface area contributed by atoms with E-state index >= 15 is 0 Å². The van der Waals surface area contributed by atoms with E-state index in [0.717, 1.165) is 12.2 Å². The monoisotopic (exact) mass is 482 g/mol. The van der Waals surface area contributed by atoms with Gasteiger partial charge in [0.25, 0.3) is 0 Å². The number of carbonyl (C=O) groups excluding carboxylic acids is 1. The predicted octanol–water partition coefficient (Wildman–Crippen LogP) is 8.53. The Hall–Kier alpha value is -1.77. The Labute approximate surface area is 215 Å². The molecule has 0 radical (unpaired) electrons. The van der Waals surface area contributed by atoms with Gasteiger partial charge < -0.3 is 9.47 Å². The predicted molar refractivity (Wildman–Crippen MR) is 146 cm³/mol. The molecule has 0 spiro atoms. The van der Waals surface area contributed by atoms with Crippen molar-refractivity contribution in [1.29, 1.82) is 0 Å². The quantitative estimate of drug-likeness (QED) is 0.190. The molecule has 2 bridgehead atoms. The third kappa shape index (κ3) is 5.65. The van der Waals surface area contributed by atoms with Crippen molar-refractivity contribution >= 4 is 5.97 Å². The van der Waals surface area contributed by atoms with Gasteiger partial charge in [0.15, 0.2) is 0 Å². The maximum Gasteiger partial charge on any atom is 0.311 e. The highest BCUT2D eigenvalue weighted by atomic mass is 16.5. The van der Waals surface area contributed by atoms with Gasteiger partial charge in [0.1, 0.15) is 12.4 Å². The number of allylic oxidation sites excluding steroid dienone is 1. The molecular formula is C32H50O3. The van der Waals surface area contributed by atoms with E-state index in [0.29, 0.717) is 18.4 Å². The Morgan fingerprint density at radius 1 is 1.09 bits per heavy atom. The number of benzene rings is 1. The average molecular weight is 483 g/mol. The molecule has 0 aliphatic heterocycles. The molecule has 196 valence electrons. The summed E-state index contributed by atoms with van der Waals surface area (Å²) >= 11 is 0. The summed E-state index contributed by atoms with van der Waals surface area (Å²) in [6.45, 7) is 20.2. The molecule has 35 heavy (non-hydrogen) atoms. The van der Waals surface area contributed by atoms with Crippen molar-refractivity contribution in [2.75, 3.05) is 13.7 Å². The first-order chi connectivity index (χ1) is 16.2. The van der Waals surface area contributed by atoms with Gasteiger partial charge in [0.05, 0.1) is 12.5 Å². The molecule has 3 atom stereocenters. The summed E-state index contributed by atoms with van der Waals surface area (Å²) in [4.78, 5) is 12.5. The van der Waals surface area contributed by atoms with Crippen molar-refractivity contribution in [3.05, 3.63) is 40.5 Å². The summed E-state index contributed by atoms with van der Waals surface area (Å²) in [5.41, 5.74) is 5.12. The van der Waals surface area contributed by atoms with Crippen LogP contribution in [-0.2, 0) is 14.9 Å². The molecule has 0 N–H and O–H groups in total. The zero-order valence-electron chi connectivity index (χ0n) is 24.1. The van der Waals surface area contributed by atoms with Crippen LogP contribution in [0.2, 0.25) is 0 Å². The van der Waals surface area contributed by atoms with Gasteiger partial charge in [-0.2, -0.15) is 0 Å². The highest BCUT2D eigenvalue weighted by Gasteiger charge is 2.56. The molecule has 0 heterocycles. The fourth-order valence-corrected chi connectivity index (χ4v) is 6.35. The zero-order chi connectivity index (χ0) is 26.2. The third-order valence-electron chi connectivity index (χ3n) is 8.94. The van der Waals surface area contributed by atoms with E-state index in [-0.39, 0.29) is 22.7 Å². The summed E-state index contributed by atoms with van der Waals surface area (Å²) < 4.78 is 11.8. The fraction of sp³-hybridized carbons (Fsp3) is 0.719. The molecule has 3 aliphatic rings. The van der Waals surface area contributed by atoms with Crippen LogP contribution in [0, 0.1) is 29.6 Å². The van der Waals surface area contributed by atoms with Crippen LogP contribution >= 0.6 is 0 Å². The minimum absolute atomic E-state index is 0.125. The minimum atomic E-state index is -0.481. The summed E-state index contributed by atoms with van der Waals surface area (Å²) in [6, 6.07) is 4.70. The molecule has 4 rings (SSSR count). The second-order valence-electron chi connectivity index (χ2n) is 13.4. The number of rotatable bonds is 10. The Balaban J connectivity index is 1.92.